The first-order valence-corrected chi connectivity index (χ1v) is 9.15. The van der Waals surface area contributed by atoms with Gasteiger partial charge in [-0.1, -0.05) is 12.1 Å². The molecule has 0 fully saturated rings. The zero-order valence-electron chi connectivity index (χ0n) is 13.9. The molecule has 0 atom stereocenters. The lowest BCUT2D eigenvalue weighted by atomic mass is 10.1. The van der Waals surface area contributed by atoms with E-state index in [0.717, 1.165) is 3.97 Å². The van der Waals surface area contributed by atoms with Gasteiger partial charge in [0, 0.05) is 36.6 Å². The summed E-state index contributed by atoms with van der Waals surface area (Å²) in [4.78, 5) is 15.2. The monoisotopic (exact) mass is 375 g/mol. The number of aliphatic hydroxyl groups excluding tert-OH is 1. The SMILES string of the molecule is CNC(=O)OCc1cn(S(=O)(=O)c2cccnc2)c2cc(CO)ccc12. The number of aromatic nitrogens is 2. The molecule has 1 amide bonds. The fourth-order valence-corrected chi connectivity index (χ4v) is 3.90. The number of rotatable bonds is 5. The minimum absolute atomic E-state index is 0.0325. The van der Waals surface area contributed by atoms with Crippen LogP contribution in [0.3, 0.4) is 0 Å². The topological polar surface area (TPSA) is 111 Å². The maximum Gasteiger partial charge on any atom is 0.407 e. The van der Waals surface area contributed by atoms with E-state index >= 15 is 0 Å². The Morgan fingerprint density at radius 2 is 2.15 bits per heavy atom. The summed E-state index contributed by atoms with van der Waals surface area (Å²) in [5, 5.41) is 12.3. The predicted molar refractivity (Wildman–Crippen MR) is 93.9 cm³/mol. The summed E-state index contributed by atoms with van der Waals surface area (Å²) < 4.78 is 32.2. The van der Waals surface area contributed by atoms with Crippen molar-refractivity contribution in [2.24, 2.45) is 0 Å². The Morgan fingerprint density at radius 1 is 1.35 bits per heavy atom. The number of carbonyl (C=O) groups is 1. The summed E-state index contributed by atoms with van der Waals surface area (Å²) in [6, 6.07) is 7.95. The molecule has 3 rings (SSSR count). The van der Waals surface area contributed by atoms with Crippen molar-refractivity contribution in [3.63, 3.8) is 0 Å². The number of hydrogen-bond donors (Lipinski definition) is 2. The molecule has 0 bridgehead atoms. The molecule has 0 aliphatic carbocycles. The lowest BCUT2D eigenvalue weighted by Gasteiger charge is -2.07. The van der Waals surface area contributed by atoms with Crippen molar-refractivity contribution in [2.45, 2.75) is 18.1 Å². The quantitative estimate of drug-likeness (QED) is 0.701. The van der Waals surface area contributed by atoms with E-state index in [0.29, 0.717) is 22.0 Å². The van der Waals surface area contributed by atoms with Crippen LogP contribution in [0.1, 0.15) is 11.1 Å². The fraction of sp³-hybridized carbons (Fsp3) is 0.176. The van der Waals surface area contributed by atoms with Crippen LogP contribution in [-0.4, -0.2) is 35.6 Å². The Morgan fingerprint density at radius 3 is 2.81 bits per heavy atom. The third kappa shape index (κ3) is 3.26. The number of fused-ring (bicyclic) bond motifs is 1. The molecule has 0 radical (unpaired) electrons. The molecule has 0 unspecified atom stereocenters. The zero-order chi connectivity index (χ0) is 18.7. The van der Waals surface area contributed by atoms with E-state index in [1.807, 2.05) is 0 Å². The van der Waals surface area contributed by atoms with E-state index in [1.165, 1.54) is 37.8 Å². The number of ether oxygens (including phenoxy) is 1. The number of benzene rings is 1. The molecule has 0 spiro atoms. The van der Waals surface area contributed by atoms with Gasteiger partial charge in [-0.15, -0.1) is 0 Å². The molecule has 3 aromatic rings. The largest absolute Gasteiger partial charge is 0.445 e. The van der Waals surface area contributed by atoms with E-state index in [9.17, 15) is 18.3 Å². The first-order chi connectivity index (χ1) is 12.5. The molecule has 2 heterocycles. The van der Waals surface area contributed by atoms with Gasteiger partial charge >= 0.3 is 6.09 Å². The molecule has 1 aromatic carbocycles. The molecule has 8 nitrogen and oxygen atoms in total. The maximum absolute atomic E-state index is 13.0. The Hall–Kier alpha value is -2.91. The number of hydrogen-bond acceptors (Lipinski definition) is 6. The van der Waals surface area contributed by atoms with Crippen LogP contribution < -0.4 is 5.32 Å². The number of nitrogens with zero attached hydrogens (tertiary/aromatic N) is 2. The maximum atomic E-state index is 13.0. The van der Waals surface area contributed by atoms with Gasteiger partial charge < -0.3 is 15.2 Å². The Balaban J connectivity index is 2.16. The molecule has 9 heteroatoms. The standard InChI is InChI=1S/C17H17N3O5S/c1-18-17(22)25-11-13-9-20(16-7-12(10-21)4-5-15(13)16)26(23,24)14-3-2-6-19-8-14/h2-9,21H,10-11H2,1H3,(H,18,22). The van der Waals surface area contributed by atoms with Gasteiger partial charge in [0.25, 0.3) is 10.0 Å². The molecule has 26 heavy (non-hydrogen) atoms. The molecule has 0 aliphatic heterocycles. The molecule has 0 saturated heterocycles. The molecule has 136 valence electrons. The van der Waals surface area contributed by atoms with Gasteiger partial charge in [-0.05, 0) is 23.8 Å². The summed E-state index contributed by atoms with van der Waals surface area (Å²) in [5.74, 6) is 0. The number of carbonyl (C=O) groups excluding carboxylic acids is 1. The Labute approximate surface area is 150 Å². The van der Waals surface area contributed by atoms with Crippen LogP contribution >= 0.6 is 0 Å². The molecular formula is C17H17N3O5S. The van der Waals surface area contributed by atoms with E-state index < -0.39 is 16.1 Å². The minimum Gasteiger partial charge on any atom is -0.445 e. The van der Waals surface area contributed by atoms with Crippen LogP contribution in [-0.2, 0) is 28.0 Å². The van der Waals surface area contributed by atoms with Crippen molar-refractivity contribution in [3.8, 4) is 0 Å². The third-order valence-corrected chi connectivity index (χ3v) is 5.51. The van der Waals surface area contributed by atoms with Crippen molar-refractivity contribution < 1.29 is 23.1 Å². The van der Waals surface area contributed by atoms with E-state index in [-0.39, 0.29) is 18.1 Å². The molecule has 2 aromatic heterocycles. The van der Waals surface area contributed by atoms with E-state index in [4.69, 9.17) is 4.74 Å². The van der Waals surface area contributed by atoms with Gasteiger partial charge in [-0.3, -0.25) is 4.98 Å². The summed E-state index contributed by atoms with van der Waals surface area (Å²) in [6.45, 7) is -0.317. The zero-order valence-corrected chi connectivity index (χ0v) is 14.7. The number of alkyl carbamates (subject to hydrolysis) is 1. The highest BCUT2D eigenvalue weighted by atomic mass is 32.2. The van der Waals surface area contributed by atoms with Crippen LogP contribution in [0, 0.1) is 0 Å². The highest BCUT2D eigenvalue weighted by Gasteiger charge is 2.22. The van der Waals surface area contributed by atoms with Crippen LogP contribution in [0.4, 0.5) is 4.79 Å². The highest BCUT2D eigenvalue weighted by Crippen LogP contribution is 2.27. The van der Waals surface area contributed by atoms with Crippen LogP contribution in [0.25, 0.3) is 10.9 Å². The molecule has 2 N–H and O–H groups in total. The number of amides is 1. The molecule has 0 saturated carbocycles. The first kappa shape index (κ1) is 17.9. The average Bonchev–Trinajstić information content (AvgIpc) is 3.05. The van der Waals surface area contributed by atoms with Gasteiger partial charge in [-0.2, -0.15) is 0 Å². The molecular weight excluding hydrogens is 358 g/mol. The Kier molecular flexibility index (Phi) is 4.92. The highest BCUT2D eigenvalue weighted by molar-refractivity contribution is 7.90. The van der Waals surface area contributed by atoms with Crippen molar-refractivity contribution in [3.05, 3.63) is 60.0 Å². The second kappa shape index (κ2) is 7.14. The van der Waals surface area contributed by atoms with Gasteiger partial charge in [0.05, 0.1) is 12.1 Å². The lowest BCUT2D eigenvalue weighted by molar-refractivity contribution is 0.142. The van der Waals surface area contributed by atoms with E-state index in [1.54, 1.807) is 18.2 Å². The van der Waals surface area contributed by atoms with Gasteiger partial charge in [-0.25, -0.2) is 17.2 Å². The summed E-state index contributed by atoms with van der Waals surface area (Å²) >= 11 is 0. The lowest BCUT2D eigenvalue weighted by Crippen LogP contribution is -2.18. The van der Waals surface area contributed by atoms with Gasteiger partial charge in [0.2, 0.25) is 0 Å². The average molecular weight is 375 g/mol. The first-order valence-electron chi connectivity index (χ1n) is 7.71. The minimum atomic E-state index is -3.90. The van der Waals surface area contributed by atoms with Crippen molar-refractivity contribution >= 4 is 27.0 Å². The van der Waals surface area contributed by atoms with Gasteiger partial charge in [0.1, 0.15) is 11.5 Å². The fourth-order valence-electron chi connectivity index (χ4n) is 2.55. The van der Waals surface area contributed by atoms with Gasteiger partial charge in [0.15, 0.2) is 0 Å². The number of pyridine rings is 1. The van der Waals surface area contributed by atoms with E-state index in [2.05, 4.69) is 10.3 Å². The smallest absolute Gasteiger partial charge is 0.407 e. The Bertz CT molecular complexity index is 1040. The van der Waals surface area contributed by atoms with Crippen LogP contribution in [0.15, 0.2) is 53.8 Å². The normalized spacial score (nSPS) is 11.5. The predicted octanol–water partition coefficient (Wildman–Crippen LogP) is 1.62. The third-order valence-electron chi connectivity index (χ3n) is 3.86. The van der Waals surface area contributed by atoms with Crippen molar-refractivity contribution in [1.29, 1.82) is 0 Å². The molecule has 0 aliphatic rings. The van der Waals surface area contributed by atoms with Crippen LogP contribution in [0.2, 0.25) is 0 Å². The number of nitrogens with one attached hydrogen (secondary N) is 1. The summed E-state index contributed by atoms with van der Waals surface area (Å²) in [5.41, 5.74) is 1.48. The second-order valence-electron chi connectivity index (χ2n) is 5.48. The van der Waals surface area contributed by atoms with Crippen LogP contribution in [0.5, 0.6) is 0 Å². The number of aliphatic hydroxyl groups is 1. The van der Waals surface area contributed by atoms with Crippen molar-refractivity contribution in [2.75, 3.05) is 7.05 Å². The second-order valence-corrected chi connectivity index (χ2v) is 7.29. The summed E-state index contributed by atoms with van der Waals surface area (Å²) in [6.07, 6.45) is 3.54. The van der Waals surface area contributed by atoms with Crippen molar-refractivity contribution in [1.82, 2.24) is 14.3 Å². The summed E-state index contributed by atoms with van der Waals surface area (Å²) in [7, 11) is -2.46.